The number of nitrogens with one attached hydrogen (secondary N) is 1. The minimum atomic E-state index is -0.469. The standard InChI is InChI=1S/C15H15ClN2O3/c1-2-20-15(19)9-13(14-4-3-7-21-14)18-12-6-5-10(16)8-11(12)17/h3-9,18H,2,17H2,1H3/b13-9+. The van der Waals surface area contributed by atoms with Crippen molar-refractivity contribution in [1.82, 2.24) is 0 Å². The number of ether oxygens (including phenoxy) is 1. The number of esters is 1. The summed E-state index contributed by atoms with van der Waals surface area (Å²) >= 11 is 5.86. The van der Waals surface area contributed by atoms with Crippen molar-refractivity contribution in [3.8, 4) is 0 Å². The number of benzene rings is 1. The second kappa shape index (κ2) is 6.85. The van der Waals surface area contributed by atoms with Crippen molar-refractivity contribution in [3.63, 3.8) is 0 Å². The summed E-state index contributed by atoms with van der Waals surface area (Å²) in [5.74, 6) is 0.0290. The highest BCUT2D eigenvalue weighted by Crippen LogP contribution is 2.26. The van der Waals surface area contributed by atoms with Gasteiger partial charge in [-0.2, -0.15) is 0 Å². The third-order valence-electron chi connectivity index (χ3n) is 2.62. The van der Waals surface area contributed by atoms with Crippen LogP contribution in [-0.4, -0.2) is 12.6 Å². The van der Waals surface area contributed by atoms with Gasteiger partial charge in [0.1, 0.15) is 5.76 Å². The molecule has 0 saturated heterocycles. The van der Waals surface area contributed by atoms with Gasteiger partial charge in [0.05, 0.1) is 36.0 Å². The van der Waals surface area contributed by atoms with Gasteiger partial charge in [0.25, 0.3) is 0 Å². The molecule has 110 valence electrons. The van der Waals surface area contributed by atoms with Gasteiger partial charge >= 0.3 is 5.97 Å². The van der Waals surface area contributed by atoms with Crippen LogP contribution in [0.15, 0.2) is 47.1 Å². The molecule has 0 aliphatic heterocycles. The number of hydrogen-bond donors (Lipinski definition) is 2. The SMILES string of the molecule is CCOC(=O)/C=C(/Nc1ccc(Cl)cc1N)c1ccco1. The van der Waals surface area contributed by atoms with E-state index in [-0.39, 0.29) is 0 Å². The minimum Gasteiger partial charge on any atom is -0.463 e. The first-order valence-corrected chi connectivity index (χ1v) is 6.72. The molecule has 0 spiro atoms. The predicted molar refractivity (Wildman–Crippen MR) is 82.8 cm³/mol. The first kappa shape index (κ1) is 15.0. The summed E-state index contributed by atoms with van der Waals surface area (Å²) in [7, 11) is 0. The van der Waals surface area contributed by atoms with E-state index >= 15 is 0 Å². The van der Waals surface area contributed by atoms with Crippen LogP contribution in [0.1, 0.15) is 12.7 Å². The average molecular weight is 307 g/mol. The molecule has 21 heavy (non-hydrogen) atoms. The lowest BCUT2D eigenvalue weighted by molar-refractivity contribution is -0.137. The van der Waals surface area contributed by atoms with E-state index in [1.165, 1.54) is 12.3 Å². The Morgan fingerprint density at radius 3 is 2.90 bits per heavy atom. The van der Waals surface area contributed by atoms with Gasteiger partial charge in [-0.3, -0.25) is 0 Å². The highest BCUT2D eigenvalue weighted by molar-refractivity contribution is 6.31. The number of anilines is 2. The van der Waals surface area contributed by atoms with Crippen LogP contribution in [0.3, 0.4) is 0 Å². The lowest BCUT2D eigenvalue weighted by atomic mass is 10.2. The van der Waals surface area contributed by atoms with Crippen molar-refractivity contribution in [2.75, 3.05) is 17.7 Å². The smallest absolute Gasteiger partial charge is 0.332 e. The number of hydrogen-bond acceptors (Lipinski definition) is 5. The summed E-state index contributed by atoms with van der Waals surface area (Å²) in [5.41, 5.74) is 7.42. The van der Waals surface area contributed by atoms with Crippen molar-refractivity contribution in [2.45, 2.75) is 6.92 Å². The van der Waals surface area contributed by atoms with Gasteiger partial charge < -0.3 is 20.2 Å². The molecule has 2 rings (SSSR count). The Morgan fingerprint density at radius 1 is 1.48 bits per heavy atom. The number of nitrogen functional groups attached to an aromatic ring is 1. The summed E-state index contributed by atoms with van der Waals surface area (Å²) in [6.07, 6.45) is 2.83. The van der Waals surface area contributed by atoms with E-state index in [9.17, 15) is 4.79 Å². The fourth-order valence-electron chi connectivity index (χ4n) is 1.69. The molecule has 0 aliphatic rings. The molecule has 0 saturated carbocycles. The third kappa shape index (κ3) is 4.03. The number of carbonyl (C=O) groups excluding carboxylic acids is 1. The molecule has 6 heteroatoms. The van der Waals surface area contributed by atoms with Crippen LogP contribution in [0, 0.1) is 0 Å². The quantitative estimate of drug-likeness (QED) is 0.502. The summed E-state index contributed by atoms with van der Waals surface area (Å²) in [6.45, 7) is 2.03. The Hall–Kier alpha value is -2.40. The molecule has 0 atom stereocenters. The minimum absolute atomic E-state index is 0.295. The molecule has 0 amide bonds. The van der Waals surface area contributed by atoms with Crippen molar-refractivity contribution in [3.05, 3.63) is 53.5 Å². The lowest BCUT2D eigenvalue weighted by Gasteiger charge is -2.11. The number of rotatable bonds is 5. The molecule has 2 aromatic rings. The summed E-state index contributed by atoms with van der Waals surface area (Å²) in [5, 5.41) is 3.58. The summed E-state index contributed by atoms with van der Waals surface area (Å²) in [6, 6.07) is 8.49. The summed E-state index contributed by atoms with van der Waals surface area (Å²) < 4.78 is 10.2. The predicted octanol–water partition coefficient (Wildman–Crippen LogP) is 3.53. The number of nitrogens with two attached hydrogens (primary N) is 1. The van der Waals surface area contributed by atoms with E-state index in [1.54, 1.807) is 37.3 Å². The van der Waals surface area contributed by atoms with Crippen LogP contribution in [0.5, 0.6) is 0 Å². The van der Waals surface area contributed by atoms with Crippen LogP contribution >= 0.6 is 11.6 Å². The Labute approximate surface area is 127 Å². The van der Waals surface area contributed by atoms with E-state index in [2.05, 4.69) is 5.32 Å². The normalized spacial score (nSPS) is 11.2. The van der Waals surface area contributed by atoms with Crippen molar-refractivity contribution in [2.24, 2.45) is 0 Å². The van der Waals surface area contributed by atoms with Crippen molar-refractivity contribution in [1.29, 1.82) is 0 Å². The highest BCUT2D eigenvalue weighted by Gasteiger charge is 2.10. The van der Waals surface area contributed by atoms with Gasteiger partial charge in [0.2, 0.25) is 0 Å². The number of carbonyl (C=O) groups is 1. The van der Waals surface area contributed by atoms with E-state index in [0.717, 1.165) is 0 Å². The van der Waals surface area contributed by atoms with Crippen LogP contribution in [-0.2, 0) is 9.53 Å². The van der Waals surface area contributed by atoms with Gasteiger partial charge in [0, 0.05) is 5.02 Å². The van der Waals surface area contributed by atoms with E-state index in [0.29, 0.717) is 34.5 Å². The van der Waals surface area contributed by atoms with E-state index in [1.807, 2.05) is 0 Å². The largest absolute Gasteiger partial charge is 0.463 e. The van der Waals surface area contributed by atoms with Gasteiger partial charge in [0.15, 0.2) is 0 Å². The number of halogens is 1. The van der Waals surface area contributed by atoms with Crippen LogP contribution in [0.2, 0.25) is 5.02 Å². The Kier molecular flexibility index (Phi) is 4.90. The molecule has 5 nitrogen and oxygen atoms in total. The molecule has 0 radical (unpaired) electrons. The summed E-state index contributed by atoms with van der Waals surface area (Å²) in [4.78, 5) is 11.6. The third-order valence-corrected chi connectivity index (χ3v) is 2.85. The maximum atomic E-state index is 11.6. The van der Waals surface area contributed by atoms with Crippen molar-refractivity contribution >= 4 is 34.6 Å². The average Bonchev–Trinajstić information content (AvgIpc) is 2.95. The van der Waals surface area contributed by atoms with Crippen LogP contribution < -0.4 is 11.1 Å². The second-order valence-corrected chi connectivity index (χ2v) is 4.58. The molecular formula is C15H15ClN2O3. The van der Waals surface area contributed by atoms with Crippen LogP contribution in [0.25, 0.3) is 5.70 Å². The monoisotopic (exact) mass is 306 g/mol. The van der Waals surface area contributed by atoms with Gasteiger partial charge in [-0.05, 0) is 37.3 Å². The molecular weight excluding hydrogens is 292 g/mol. The molecule has 0 bridgehead atoms. The maximum Gasteiger partial charge on any atom is 0.332 e. The van der Waals surface area contributed by atoms with E-state index < -0.39 is 5.97 Å². The van der Waals surface area contributed by atoms with Gasteiger partial charge in [-0.15, -0.1) is 0 Å². The molecule has 1 aromatic heterocycles. The molecule has 0 unspecified atom stereocenters. The molecule has 1 heterocycles. The second-order valence-electron chi connectivity index (χ2n) is 4.14. The lowest BCUT2D eigenvalue weighted by Crippen LogP contribution is -2.06. The van der Waals surface area contributed by atoms with E-state index in [4.69, 9.17) is 26.5 Å². The highest BCUT2D eigenvalue weighted by atomic mass is 35.5. The zero-order chi connectivity index (χ0) is 15.2. The zero-order valence-electron chi connectivity index (χ0n) is 11.4. The topological polar surface area (TPSA) is 77.5 Å². The fraction of sp³-hybridized carbons (Fsp3) is 0.133. The Bertz CT molecular complexity index is 651. The molecule has 3 N–H and O–H groups in total. The molecule has 0 aliphatic carbocycles. The van der Waals surface area contributed by atoms with Gasteiger partial charge in [-0.25, -0.2) is 4.79 Å². The Balaban J connectivity index is 2.30. The van der Waals surface area contributed by atoms with Gasteiger partial charge in [-0.1, -0.05) is 11.6 Å². The van der Waals surface area contributed by atoms with Crippen LogP contribution in [0.4, 0.5) is 11.4 Å². The Morgan fingerprint density at radius 2 is 2.29 bits per heavy atom. The first-order chi connectivity index (χ1) is 10.1. The van der Waals surface area contributed by atoms with Crippen molar-refractivity contribution < 1.29 is 13.9 Å². The number of furan rings is 1. The maximum absolute atomic E-state index is 11.6. The first-order valence-electron chi connectivity index (χ1n) is 6.34. The molecule has 1 aromatic carbocycles. The molecule has 0 fully saturated rings. The fourth-order valence-corrected chi connectivity index (χ4v) is 1.88. The zero-order valence-corrected chi connectivity index (χ0v) is 12.2.